The van der Waals surface area contributed by atoms with Gasteiger partial charge >= 0.3 is 5.69 Å². The first kappa shape index (κ1) is 17.2. The molecule has 0 aliphatic rings. The second-order valence-electron chi connectivity index (χ2n) is 4.68. The third kappa shape index (κ3) is 4.40. The first-order valence-electron chi connectivity index (χ1n) is 6.55. The van der Waals surface area contributed by atoms with Crippen LogP contribution in [0.2, 0.25) is 10.0 Å². The van der Waals surface area contributed by atoms with E-state index in [1.807, 2.05) is 0 Å². The standard InChI is InChI=1S/C15H11Cl2FN2O3/c16-11-3-1-2-9(15(11)17)4-7-14(21)19-10-5-6-12(18)13(8-10)20(22)23/h1-3,5-6,8H,4,7H2,(H,19,21). The Hall–Kier alpha value is -2.18. The molecule has 0 radical (unpaired) electrons. The molecule has 23 heavy (non-hydrogen) atoms. The van der Waals surface area contributed by atoms with Crippen molar-refractivity contribution in [2.75, 3.05) is 5.32 Å². The highest BCUT2D eigenvalue weighted by atomic mass is 35.5. The van der Waals surface area contributed by atoms with Gasteiger partial charge in [-0.25, -0.2) is 0 Å². The summed E-state index contributed by atoms with van der Waals surface area (Å²) in [6.07, 6.45) is 0.458. The molecule has 0 aliphatic carbocycles. The number of hydrogen-bond acceptors (Lipinski definition) is 3. The van der Waals surface area contributed by atoms with Gasteiger partial charge in [-0.1, -0.05) is 35.3 Å². The number of anilines is 1. The summed E-state index contributed by atoms with van der Waals surface area (Å²) in [5, 5.41) is 13.9. The molecular formula is C15H11Cl2FN2O3. The van der Waals surface area contributed by atoms with Crippen molar-refractivity contribution in [3.8, 4) is 0 Å². The van der Waals surface area contributed by atoms with Crippen LogP contribution in [0.15, 0.2) is 36.4 Å². The van der Waals surface area contributed by atoms with E-state index in [1.54, 1.807) is 18.2 Å². The highest BCUT2D eigenvalue weighted by Gasteiger charge is 2.15. The number of rotatable bonds is 5. The van der Waals surface area contributed by atoms with Crippen molar-refractivity contribution in [1.82, 2.24) is 0 Å². The van der Waals surface area contributed by atoms with Gasteiger partial charge in [-0.2, -0.15) is 4.39 Å². The highest BCUT2D eigenvalue weighted by Crippen LogP contribution is 2.26. The number of nitrogens with one attached hydrogen (secondary N) is 1. The molecule has 0 spiro atoms. The van der Waals surface area contributed by atoms with E-state index in [1.165, 1.54) is 6.07 Å². The number of hydrogen-bond donors (Lipinski definition) is 1. The van der Waals surface area contributed by atoms with E-state index in [2.05, 4.69) is 5.32 Å². The number of carbonyl (C=O) groups is 1. The molecule has 0 aromatic heterocycles. The zero-order valence-electron chi connectivity index (χ0n) is 11.7. The van der Waals surface area contributed by atoms with E-state index in [9.17, 15) is 19.3 Å². The van der Waals surface area contributed by atoms with Crippen LogP contribution >= 0.6 is 23.2 Å². The van der Waals surface area contributed by atoms with Gasteiger partial charge in [0.2, 0.25) is 11.7 Å². The Morgan fingerprint density at radius 3 is 2.70 bits per heavy atom. The molecule has 2 aromatic rings. The van der Waals surface area contributed by atoms with E-state index >= 15 is 0 Å². The SMILES string of the molecule is O=C(CCc1cccc(Cl)c1Cl)Nc1ccc(F)c([N+](=O)[O-])c1. The predicted octanol–water partition coefficient (Wildman–Crippen LogP) is 4.61. The maximum absolute atomic E-state index is 13.2. The minimum atomic E-state index is -0.960. The summed E-state index contributed by atoms with van der Waals surface area (Å²) < 4.78 is 13.2. The number of benzene rings is 2. The second-order valence-corrected chi connectivity index (χ2v) is 5.47. The number of carbonyl (C=O) groups excluding carboxylic acids is 1. The quantitative estimate of drug-likeness (QED) is 0.627. The van der Waals surface area contributed by atoms with Gasteiger partial charge in [-0.05, 0) is 30.2 Å². The average Bonchev–Trinajstić information content (AvgIpc) is 2.50. The van der Waals surface area contributed by atoms with Crippen LogP contribution < -0.4 is 5.32 Å². The fourth-order valence-corrected chi connectivity index (χ4v) is 2.36. The topological polar surface area (TPSA) is 72.2 Å². The molecular weight excluding hydrogens is 346 g/mol. The summed E-state index contributed by atoms with van der Waals surface area (Å²) in [6, 6.07) is 8.29. The maximum atomic E-state index is 13.2. The van der Waals surface area contributed by atoms with E-state index in [-0.39, 0.29) is 18.0 Å². The molecule has 0 saturated carbocycles. The normalized spacial score (nSPS) is 10.4. The van der Waals surface area contributed by atoms with Gasteiger partial charge in [0.15, 0.2) is 0 Å². The Bertz CT molecular complexity index is 768. The van der Waals surface area contributed by atoms with Crippen molar-refractivity contribution in [2.45, 2.75) is 12.8 Å². The third-order valence-corrected chi connectivity index (χ3v) is 3.94. The lowest BCUT2D eigenvalue weighted by molar-refractivity contribution is -0.387. The molecule has 0 aliphatic heterocycles. The molecule has 1 amide bonds. The minimum Gasteiger partial charge on any atom is -0.326 e. The predicted molar refractivity (Wildman–Crippen MR) is 86.5 cm³/mol. The number of aryl methyl sites for hydroxylation is 1. The monoisotopic (exact) mass is 356 g/mol. The zero-order chi connectivity index (χ0) is 17.0. The molecule has 120 valence electrons. The number of amides is 1. The molecule has 0 saturated heterocycles. The Kier molecular flexibility index (Phi) is 5.52. The van der Waals surface area contributed by atoms with E-state index < -0.39 is 16.4 Å². The second kappa shape index (κ2) is 7.39. The van der Waals surface area contributed by atoms with Crippen LogP contribution in [-0.2, 0) is 11.2 Å². The summed E-state index contributed by atoms with van der Waals surface area (Å²) >= 11 is 11.9. The fraction of sp³-hybridized carbons (Fsp3) is 0.133. The van der Waals surface area contributed by atoms with Crippen molar-refractivity contribution in [3.05, 3.63) is 67.9 Å². The lowest BCUT2D eigenvalue weighted by Gasteiger charge is -2.07. The van der Waals surface area contributed by atoms with Gasteiger partial charge < -0.3 is 5.32 Å². The number of nitro benzene ring substituents is 1. The summed E-state index contributed by atoms with van der Waals surface area (Å²) in [6.45, 7) is 0. The van der Waals surface area contributed by atoms with Gasteiger partial charge in [0, 0.05) is 18.2 Å². The summed E-state index contributed by atoms with van der Waals surface area (Å²) in [5.41, 5.74) is 0.181. The Morgan fingerprint density at radius 1 is 1.26 bits per heavy atom. The average molecular weight is 357 g/mol. The van der Waals surface area contributed by atoms with E-state index in [0.717, 1.165) is 17.7 Å². The molecule has 0 fully saturated rings. The lowest BCUT2D eigenvalue weighted by Crippen LogP contribution is -2.12. The van der Waals surface area contributed by atoms with Gasteiger partial charge in [-0.3, -0.25) is 14.9 Å². The summed E-state index contributed by atoms with van der Waals surface area (Å²) in [7, 11) is 0. The molecule has 5 nitrogen and oxygen atoms in total. The Balaban J connectivity index is 2.01. The van der Waals surface area contributed by atoms with Crippen molar-refractivity contribution < 1.29 is 14.1 Å². The molecule has 1 N–H and O–H groups in total. The van der Waals surface area contributed by atoms with Crippen LogP contribution in [-0.4, -0.2) is 10.8 Å². The van der Waals surface area contributed by atoms with Crippen molar-refractivity contribution in [2.24, 2.45) is 0 Å². The minimum absolute atomic E-state index is 0.102. The first-order valence-corrected chi connectivity index (χ1v) is 7.30. The van der Waals surface area contributed by atoms with Crippen LogP contribution in [0.25, 0.3) is 0 Å². The Labute approximate surface area is 141 Å². The van der Waals surface area contributed by atoms with Crippen LogP contribution in [0, 0.1) is 15.9 Å². The Morgan fingerprint density at radius 2 is 2.00 bits per heavy atom. The first-order chi connectivity index (χ1) is 10.9. The smallest absolute Gasteiger partial charge is 0.306 e. The van der Waals surface area contributed by atoms with Crippen LogP contribution in [0.4, 0.5) is 15.8 Å². The summed E-state index contributed by atoms with van der Waals surface area (Å²) in [5.74, 6) is -1.33. The van der Waals surface area contributed by atoms with Crippen molar-refractivity contribution in [3.63, 3.8) is 0 Å². The number of halogens is 3. The maximum Gasteiger partial charge on any atom is 0.306 e. The lowest BCUT2D eigenvalue weighted by atomic mass is 10.1. The van der Waals surface area contributed by atoms with Crippen LogP contribution in [0.1, 0.15) is 12.0 Å². The molecule has 0 bridgehead atoms. The third-order valence-electron chi connectivity index (χ3n) is 3.08. The van der Waals surface area contributed by atoms with Gasteiger partial charge in [0.05, 0.1) is 15.0 Å². The zero-order valence-corrected chi connectivity index (χ0v) is 13.2. The molecule has 2 rings (SSSR count). The fourth-order valence-electron chi connectivity index (χ4n) is 1.94. The number of nitro groups is 1. The number of nitrogens with zero attached hydrogens (tertiary/aromatic N) is 1. The van der Waals surface area contributed by atoms with Crippen molar-refractivity contribution >= 4 is 40.5 Å². The molecule has 8 heteroatoms. The molecule has 0 atom stereocenters. The van der Waals surface area contributed by atoms with E-state index in [4.69, 9.17) is 23.2 Å². The van der Waals surface area contributed by atoms with Crippen molar-refractivity contribution in [1.29, 1.82) is 0 Å². The van der Waals surface area contributed by atoms with Gasteiger partial charge in [0.1, 0.15) is 0 Å². The molecule has 0 heterocycles. The van der Waals surface area contributed by atoms with Gasteiger partial charge in [-0.15, -0.1) is 0 Å². The highest BCUT2D eigenvalue weighted by molar-refractivity contribution is 6.42. The molecule has 2 aromatic carbocycles. The van der Waals surface area contributed by atoms with Gasteiger partial charge in [0.25, 0.3) is 0 Å². The summed E-state index contributed by atoms with van der Waals surface area (Å²) in [4.78, 5) is 21.7. The van der Waals surface area contributed by atoms with Crippen LogP contribution in [0.3, 0.4) is 0 Å². The largest absolute Gasteiger partial charge is 0.326 e. The molecule has 0 unspecified atom stereocenters. The van der Waals surface area contributed by atoms with E-state index in [0.29, 0.717) is 16.5 Å². The van der Waals surface area contributed by atoms with Crippen LogP contribution in [0.5, 0.6) is 0 Å².